The van der Waals surface area contributed by atoms with E-state index < -0.39 is 0 Å². The second-order valence-electron chi connectivity index (χ2n) is 4.79. The summed E-state index contributed by atoms with van der Waals surface area (Å²) in [6, 6.07) is 12.5. The van der Waals surface area contributed by atoms with Crippen LogP contribution in [-0.4, -0.2) is 12.0 Å². The first kappa shape index (κ1) is 15.3. The number of rotatable bonds is 5. The molecule has 20 heavy (non-hydrogen) atoms. The molecule has 1 aromatic carbocycles. The van der Waals surface area contributed by atoms with Crippen molar-refractivity contribution in [2.75, 3.05) is 11.9 Å². The van der Waals surface area contributed by atoms with Gasteiger partial charge in [-0.3, -0.25) is 0 Å². The van der Waals surface area contributed by atoms with Gasteiger partial charge in [-0.1, -0.05) is 35.0 Å². The van der Waals surface area contributed by atoms with Crippen molar-refractivity contribution in [2.24, 2.45) is 0 Å². The van der Waals surface area contributed by atoms with Gasteiger partial charge in [0.1, 0.15) is 5.82 Å². The molecule has 2 nitrogen and oxygen atoms in total. The van der Waals surface area contributed by atoms with E-state index in [9.17, 15) is 0 Å². The van der Waals surface area contributed by atoms with E-state index in [1.165, 1.54) is 5.56 Å². The monoisotopic (exact) mass is 352 g/mol. The van der Waals surface area contributed by atoms with Crippen molar-refractivity contribution >= 4 is 33.3 Å². The average molecular weight is 354 g/mol. The topological polar surface area (TPSA) is 16.1 Å². The zero-order valence-electron chi connectivity index (χ0n) is 11.7. The smallest absolute Gasteiger partial charge is 0.129 e. The first-order valence-corrected chi connectivity index (χ1v) is 7.96. The summed E-state index contributed by atoms with van der Waals surface area (Å²) < 4.78 is 1.10. The summed E-state index contributed by atoms with van der Waals surface area (Å²) in [6.07, 6.45) is 0.920. The highest BCUT2D eigenvalue weighted by Crippen LogP contribution is 2.19. The second kappa shape index (κ2) is 7.09. The van der Waals surface area contributed by atoms with E-state index in [1.807, 2.05) is 0 Å². The predicted octanol–water partition coefficient (Wildman–Crippen LogP) is 4.78. The van der Waals surface area contributed by atoms with Gasteiger partial charge in [0, 0.05) is 29.6 Å². The van der Waals surface area contributed by atoms with Gasteiger partial charge in [0.2, 0.25) is 0 Å². The molecule has 0 spiro atoms. The summed E-state index contributed by atoms with van der Waals surface area (Å²) >= 11 is 9.41. The molecule has 0 saturated heterocycles. The molecular weight excluding hydrogens is 336 g/mol. The second-order valence-corrected chi connectivity index (χ2v) is 5.98. The van der Waals surface area contributed by atoms with Crippen LogP contribution in [-0.2, 0) is 18.8 Å². The van der Waals surface area contributed by atoms with E-state index in [0.717, 1.165) is 34.5 Å². The Morgan fingerprint density at radius 3 is 2.45 bits per heavy atom. The fourth-order valence-corrected chi connectivity index (χ4v) is 2.45. The van der Waals surface area contributed by atoms with E-state index in [4.69, 9.17) is 11.6 Å². The van der Waals surface area contributed by atoms with Crippen LogP contribution in [0.4, 0.5) is 5.82 Å². The van der Waals surface area contributed by atoms with Crippen LogP contribution in [0.1, 0.15) is 23.7 Å². The molecule has 1 heterocycles. The molecule has 0 fully saturated rings. The third-order valence-corrected chi connectivity index (χ3v) is 4.00. The van der Waals surface area contributed by atoms with Crippen molar-refractivity contribution in [3.05, 3.63) is 57.7 Å². The molecule has 0 N–H and O–H groups in total. The Balaban J connectivity index is 2.19. The van der Waals surface area contributed by atoms with Crippen molar-refractivity contribution in [3.8, 4) is 0 Å². The summed E-state index contributed by atoms with van der Waals surface area (Å²) in [5.41, 5.74) is 3.46. The largest absolute Gasteiger partial charge is 0.355 e. The summed E-state index contributed by atoms with van der Waals surface area (Å²) in [5, 5.41) is 0. The number of halogens is 2. The lowest BCUT2D eigenvalue weighted by atomic mass is 10.2. The van der Waals surface area contributed by atoms with Crippen molar-refractivity contribution in [3.63, 3.8) is 0 Å². The van der Waals surface area contributed by atoms with Crippen LogP contribution < -0.4 is 4.90 Å². The number of alkyl halides is 1. The van der Waals surface area contributed by atoms with Crippen LogP contribution in [0.5, 0.6) is 0 Å². The summed E-state index contributed by atoms with van der Waals surface area (Å²) in [6.45, 7) is 2.94. The van der Waals surface area contributed by atoms with Gasteiger partial charge < -0.3 is 4.90 Å². The molecular formula is C16H18BrClN2. The number of pyridine rings is 1. The van der Waals surface area contributed by atoms with Gasteiger partial charge in [-0.25, -0.2) is 4.98 Å². The van der Waals surface area contributed by atoms with Crippen LogP contribution in [0.2, 0.25) is 0 Å². The highest BCUT2D eigenvalue weighted by Gasteiger charge is 2.07. The number of benzene rings is 1. The quantitative estimate of drug-likeness (QED) is 0.719. The summed E-state index contributed by atoms with van der Waals surface area (Å²) in [7, 11) is 2.06. The molecule has 0 bridgehead atoms. The van der Waals surface area contributed by atoms with Gasteiger partial charge in [0.05, 0.1) is 0 Å². The Hall–Kier alpha value is -1.06. The summed E-state index contributed by atoms with van der Waals surface area (Å²) in [4.78, 5) is 6.82. The minimum Gasteiger partial charge on any atom is -0.355 e. The fraction of sp³-hybridized carbons (Fsp3) is 0.312. The number of anilines is 1. The van der Waals surface area contributed by atoms with Crippen molar-refractivity contribution in [1.29, 1.82) is 0 Å². The molecule has 0 atom stereocenters. The molecule has 0 amide bonds. The third kappa shape index (κ3) is 3.97. The van der Waals surface area contributed by atoms with E-state index in [-0.39, 0.29) is 0 Å². The van der Waals surface area contributed by atoms with Gasteiger partial charge in [-0.2, -0.15) is 0 Å². The molecule has 0 aliphatic heterocycles. The Kier molecular flexibility index (Phi) is 5.44. The van der Waals surface area contributed by atoms with Crippen molar-refractivity contribution < 1.29 is 0 Å². The molecule has 0 unspecified atom stereocenters. The molecule has 2 rings (SSSR count). The molecule has 2 aromatic rings. The summed E-state index contributed by atoms with van der Waals surface area (Å²) in [5.74, 6) is 1.50. The Labute approximate surface area is 133 Å². The first-order chi connectivity index (χ1) is 9.62. The van der Waals surface area contributed by atoms with E-state index in [2.05, 4.69) is 76.2 Å². The Bertz CT molecular complexity index is 547. The van der Waals surface area contributed by atoms with E-state index in [1.54, 1.807) is 0 Å². The number of aromatic nitrogens is 1. The van der Waals surface area contributed by atoms with E-state index in [0.29, 0.717) is 5.88 Å². The Morgan fingerprint density at radius 2 is 1.85 bits per heavy atom. The number of hydrogen-bond acceptors (Lipinski definition) is 2. The van der Waals surface area contributed by atoms with Gasteiger partial charge in [0.15, 0.2) is 0 Å². The number of hydrogen-bond donors (Lipinski definition) is 0. The zero-order valence-corrected chi connectivity index (χ0v) is 14.1. The van der Waals surface area contributed by atoms with Crippen LogP contribution in [0.3, 0.4) is 0 Å². The van der Waals surface area contributed by atoms with Gasteiger partial charge in [-0.05, 0) is 41.8 Å². The number of nitrogens with zero attached hydrogens (tertiary/aromatic N) is 2. The lowest BCUT2D eigenvalue weighted by Crippen LogP contribution is -2.18. The average Bonchev–Trinajstić information content (AvgIpc) is 2.48. The van der Waals surface area contributed by atoms with Crippen LogP contribution in [0.25, 0.3) is 0 Å². The Morgan fingerprint density at radius 1 is 1.15 bits per heavy atom. The molecule has 4 heteroatoms. The molecule has 0 aliphatic rings. The highest BCUT2D eigenvalue weighted by molar-refractivity contribution is 9.10. The highest BCUT2D eigenvalue weighted by atomic mass is 79.9. The van der Waals surface area contributed by atoms with Crippen molar-refractivity contribution in [1.82, 2.24) is 4.98 Å². The molecule has 0 saturated carbocycles. The molecule has 0 radical (unpaired) electrons. The zero-order chi connectivity index (χ0) is 14.5. The minimum absolute atomic E-state index is 0.522. The first-order valence-electron chi connectivity index (χ1n) is 6.63. The lowest BCUT2D eigenvalue weighted by Gasteiger charge is -2.20. The predicted molar refractivity (Wildman–Crippen MR) is 89.4 cm³/mol. The van der Waals surface area contributed by atoms with Crippen LogP contribution in [0.15, 0.2) is 40.9 Å². The maximum Gasteiger partial charge on any atom is 0.129 e. The van der Waals surface area contributed by atoms with Crippen molar-refractivity contribution in [2.45, 2.75) is 25.8 Å². The third-order valence-electron chi connectivity index (χ3n) is 3.17. The number of aryl methyl sites for hydroxylation is 1. The standard InChI is InChI=1S/C16H18BrClN2/c1-3-15-8-13(10-18)9-16(19-15)20(2)11-12-4-6-14(17)7-5-12/h4-9H,3,10-11H2,1-2H3. The molecule has 0 aliphatic carbocycles. The molecule has 1 aromatic heterocycles. The minimum atomic E-state index is 0.522. The molecule has 106 valence electrons. The van der Waals surface area contributed by atoms with Gasteiger partial charge in [-0.15, -0.1) is 11.6 Å². The van der Waals surface area contributed by atoms with Crippen LogP contribution >= 0.6 is 27.5 Å². The van der Waals surface area contributed by atoms with Crippen LogP contribution in [0, 0.1) is 0 Å². The fourth-order valence-electron chi connectivity index (χ4n) is 2.03. The van der Waals surface area contributed by atoms with E-state index >= 15 is 0 Å². The van der Waals surface area contributed by atoms with Gasteiger partial charge in [0.25, 0.3) is 0 Å². The normalized spacial score (nSPS) is 10.6. The maximum atomic E-state index is 5.96. The lowest BCUT2D eigenvalue weighted by molar-refractivity contribution is 0.879. The SMILES string of the molecule is CCc1cc(CCl)cc(N(C)Cc2ccc(Br)cc2)n1. The van der Waals surface area contributed by atoms with Gasteiger partial charge >= 0.3 is 0 Å². The maximum absolute atomic E-state index is 5.96.